The number of aromatic nitrogens is 2. The molecule has 1 fully saturated rings. The Morgan fingerprint density at radius 1 is 1.00 bits per heavy atom. The molecule has 0 radical (unpaired) electrons. The number of H-pyrrole nitrogens is 1. The van der Waals surface area contributed by atoms with Crippen LogP contribution >= 0.6 is 0 Å². The normalized spacial score (nSPS) is 14.5. The van der Waals surface area contributed by atoms with E-state index in [0.717, 1.165) is 11.0 Å². The number of carbonyl (C=O) groups is 1. The molecule has 0 bridgehead atoms. The fraction of sp³-hybridized carbons (Fsp3) is 0.185. The van der Waals surface area contributed by atoms with E-state index in [9.17, 15) is 24.1 Å². The number of likely N-dealkylation sites (tertiary alicyclic amines) is 1. The highest BCUT2D eigenvalue weighted by molar-refractivity contribution is 6.00. The fourth-order valence-electron chi connectivity index (χ4n) is 4.76. The minimum atomic E-state index is -0.517. The van der Waals surface area contributed by atoms with Crippen LogP contribution in [-0.2, 0) is 0 Å². The number of benzene rings is 3. The van der Waals surface area contributed by atoms with Crippen LogP contribution in [0.1, 0.15) is 40.4 Å². The summed E-state index contributed by atoms with van der Waals surface area (Å²) in [5, 5.41) is 11.7. The monoisotopic (exact) mass is 486 g/mol. The van der Waals surface area contributed by atoms with Crippen LogP contribution in [0.3, 0.4) is 0 Å². The maximum Gasteiger partial charge on any atom is 0.326 e. The first-order valence-corrected chi connectivity index (χ1v) is 11.6. The summed E-state index contributed by atoms with van der Waals surface area (Å²) in [7, 11) is 0. The number of piperidine rings is 1. The minimum absolute atomic E-state index is 0.0550. The van der Waals surface area contributed by atoms with Gasteiger partial charge in [0.25, 0.3) is 11.6 Å². The van der Waals surface area contributed by atoms with E-state index in [1.54, 1.807) is 33.7 Å². The Kier molecular flexibility index (Phi) is 6.20. The van der Waals surface area contributed by atoms with Gasteiger partial charge in [-0.3, -0.25) is 19.5 Å². The molecule has 1 saturated heterocycles. The average Bonchev–Trinajstić information content (AvgIpc) is 3.23. The summed E-state index contributed by atoms with van der Waals surface area (Å²) in [5.74, 6) is -0.686. The van der Waals surface area contributed by atoms with E-state index in [-0.39, 0.29) is 40.3 Å². The number of aromatic amines is 1. The van der Waals surface area contributed by atoms with Crippen molar-refractivity contribution in [1.82, 2.24) is 14.5 Å². The lowest BCUT2D eigenvalue weighted by Crippen LogP contribution is -2.40. The molecule has 0 aliphatic carbocycles. The molecule has 1 aliphatic heterocycles. The molecule has 9 heteroatoms. The zero-order valence-electron chi connectivity index (χ0n) is 19.3. The topological polar surface area (TPSA) is 101 Å². The summed E-state index contributed by atoms with van der Waals surface area (Å²) in [4.78, 5) is 41.8. The van der Waals surface area contributed by atoms with Crippen molar-refractivity contribution >= 4 is 34.8 Å². The third kappa shape index (κ3) is 4.43. The SMILES string of the molecule is O=C(c1cccc([N+](=O)[O-])c1/C=C/c1ccc(F)cc1)N1CCC(n2c(=O)[nH]c3ccccc32)CC1. The number of fused-ring (bicyclic) bond motifs is 1. The van der Waals surface area contributed by atoms with E-state index in [1.165, 1.54) is 30.3 Å². The standard InChI is InChI=1S/C27H23FN4O4/c28-19-11-8-18(9-12-19)10-13-21-22(4-3-7-24(21)32(35)36)26(33)30-16-14-20(15-17-30)31-25-6-2-1-5-23(25)29-27(31)34/h1-13,20H,14-17H2,(H,29,34)/b13-10+. The van der Waals surface area contributed by atoms with Crippen molar-refractivity contribution in [2.75, 3.05) is 13.1 Å². The first-order valence-electron chi connectivity index (χ1n) is 11.6. The number of halogens is 1. The Morgan fingerprint density at radius 2 is 1.72 bits per heavy atom. The predicted molar refractivity (Wildman–Crippen MR) is 135 cm³/mol. The van der Waals surface area contributed by atoms with E-state index >= 15 is 0 Å². The smallest absolute Gasteiger partial charge is 0.326 e. The largest absolute Gasteiger partial charge is 0.338 e. The van der Waals surface area contributed by atoms with E-state index in [0.29, 0.717) is 31.5 Å². The van der Waals surface area contributed by atoms with Crippen molar-refractivity contribution in [2.45, 2.75) is 18.9 Å². The van der Waals surface area contributed by atoms with Gasteiger partial charge in [0.1, 0.15) is 5.82 Å². The zero-order valence-corrected chi connectivity index (χ0v) is 19.3. The van der Waals surface area contributed by atoms with E-state index in [2.05, 4.69) is 4.98 Å². The molecule has 0 saturated carbocycles. The Bertz CT molecular complexity index is 1530. The summed E-state index contributed by atoms with van der Waals surface area (Å²) < 4.78 is 15.0. The molecule has 0 atom stereocenters. The Balaban J connectivity index is 1.39. The second-order valence-electron chi connectivity index (χ2n) is 8.72. The summed E-state index contributed by atoms with van der Waals surface area (Å²) in [5.41, 5.74) is 2.33. The summed E-state index contributed by atoms with van der Waals surface area (Å²) in [6.45, 7) is 0.832. The van der Waals surface area contributed by atoms with Crippen molar-refractivity contribution in [3.05, 3.63) is 110 Å². The first kappa shape index (κ1) is 23.2. The van der Waals surface area contributed by atoms with Crippen molar-refractivity contribution < 1.29 is 14.1 Å². The van der Waals surface area contributed by atoms with Crippen molar-refractivity contribution in [3.8, 4) is 0 Å². The van der Waals surface area contributed by atoms with Gasteiger partial charge in [0, 0.05) is 25.2 Å². The zero-order chi connectivity index (χ0) is 25.2. The summed E-state index contributed by atoms with van der Waals surface area (Å²) in [6, 6.07) is 17.6. The van der Waals surface area contributed by atoms with Gasteiger partial charge in [-0.1, -0.05) is 36.4 Å². The predicted octanol–water partition coefficient (Wildman–Crippen LogP) is 5.02. The van der Waals surface area contributed by atoms with Crippen LogP contribution in [0.5, 0.6) is 0 Å². The van der Waals surface area contributed by atoms with Gasteiger partial charge in [-0.25, -0.2) is 9.18 Å². The van der Waals surface area contributed by atoms with Crippen LogP contribution < -0.4 is 5.69 Å². The molecule has 1 amide bonds. The van der Waals surface area contributed by atoms with Gasteiger partial charge in [0.15, 0.2) is 0 Å². The molecule has 182 valence electrons. The van der Waals surface area contributed by atoms with Crippen LogP contribution in [0.15, 0.2) is 71.5 Å². The molecule has 1 N–H and O–H groups in total. The van der Waals surface area contributed by atoms with Gasteiger partial charge in [-0.05, 0) is 54.8 Å². The quantitative estimate of drug-likeness (QED) is 0.243. The van der Waals surface area contributed by atoms with E-state index in [4.69, 9.17) is 0 Å². The van der Waals surface area contributed by atoms with Gasteiger partial charge in [-0.15, -0.1) is 0 Å². The second kappa shape index (κ2) is 9.61. The maximum absolute atomic E-state index is 13.5. The molecule has 8 nitrogen and oxygen atoms in total. The number of nitro groups is 1. The minimum Gasteiger partial charge on any atom is -0.338 e. The third-order valence-electron chi connectivity index (χ3n) is 6.56. The summed E-state index contributed by atoms with van der Waals surface area (Å²) in [6.07, 6.45) is 4.32. The fourth-order valence-corrected chi connectivity index (χ4v) is 4.76. The highest BCUT2D eigenvalue weighted by Gasteiger charge is 2.29. The molecule has 5 rings (SSSR count). The number of hydrogen-bond donors (Lipinski definition) is 1. The number of para-hydroxylation sites is 2. The number of nitrogens with one attached hydrogen (secondary N) is 1. The number of imidazole rings is 1. The molecule has 0 unspecified atom stereocenters. The van der Waals surface area contributed by atoms with Crippen LogP contribution in [0, 0.1) is 15.9 Å². The number of carbonyl (C=O) groups excluding carboxylic acids is 1. The highest BCUT2D eigenvalue weighted by atomic mass is 19.1. The molecule has 36 heavy (non-hydrogen) atoms. The van der Waals surface area contributed by atoms with Crippen molar-refractivity contribution in [2.24, 2.45) is 0 Å². The van der Waals surface area contributed by atoms with Gasteiger partial charge in [0.05, 0.1) is 27.1 Å². The van der Waals surface area contributed by atoms with Gasteiger partial charge in [0.2, 0.25) is 0 Å². The van der Waals surface area contributed by atoms with Crippen LogP contribution in [-0.4, -0.2) is 38.4 Å². The summed E-state index contributed by atoms with van der Waals surface area (Å²) >= 11 is 0. The molecular weight excluding hydrogens is 463 g/mol. The average molecular weight is 487 g/mol. The highest BCUT2D eigenvalue weighted by Crippen LogP contribution is 2.29. The third-order valence-corrected chi connectivity index (χ3v) is 6.56. The van der Waals surface area contributed by atoms with Crippen molar-refractivity contribution in [1.29, 1.82) is 0 Å². The lowest BCUT2D eigenvalue weighted by Gasteiger charge is -2.33. The number of nitro benzene ring substituents is 1. The Morgan fingerprint density at radius 3 is 2.44 bits per heavy atom. The maximum atomic E-state index is 13.5. The Hall–Kier alpha value is -4.53. The number of nitrogens with zero attached hydrogens (tertiary/aromatic N) is 3. The van der Waals surface area contributed by atoms with Crippen LogP contribution in [0.4, 0.5) is 10.1 Å². The van der Waals surface area contributed by atoms with Gasteiger partial charge >= 0.3 is 5.69 Å². The molecule has 1 aromatic heterocycles. The van der Waals surface area contributed by atoms with Crippen LogP contribution in [0.25, 0.3) is 23.2 Å². The number of rotatable bonds is 5. The number of hydrogen-bond acceptors (Lipinski definition) is 4. The van der Waals surface area contributed by atoms with Crippen molar-refractivity contribution in [3.63, 3.8) is 0 Å². The molecular formula is C27H23FN4O4. The second-order valence-corrected chi connectivity index (χ2v) is 8.72. The molecule has 3 aromatic carbocycles. The van der Waals surface area contributed by atoms with E-state index < -0.39 is 4.92 Å². The van der Waals surface area contributed by atoms with Gasteiger partial charge < -0.3 is 9.88 Å². The Labute approximate surface area is 205 Å². The number of amides is 1. The molecule has 4 aromatic rings. The molecule has 2 heterocycles. The first-order chi connectivity index (χ1) is 17.4. The lowest BCUT2D eigenvalue weighted by molar-refractivity contribution is -0.385. The lowest BCUT2D eigenvalue weighted by atomic mass is 9.99. The molecule has 1 aliphatic rings. The molecule has 0 spiro atoms. The van der Waals surface area contributed by atoms with E-state index in [1.807, 2.05) is 24.3 Å². The van der Waals surface area contributed by atoms with Gasteiger partial charge in [-0.2, -0.15) is 0 Å². The van der Waals surface area contributed by atoms with Crippen LogP contribution in [0.2, 0.25) is 0 Å².